The number of rotatable bonds is 5. The first-order valence-electron chi connectivity index (χ1n) is 6.35. The molecule has 0 spiro atoms. The monoisotopic (exact) mass is 336 g/mol. The van der Waals surface area contributed by atoms with E-state index in [2.05, 4.69) is 20.8 Å². The van der Waals surface area contributed by atoms with Gasteiger partial charge in [0.05, 0.1) is 12.8 Å². The highest BCUT2D eigenvalue weighted by Gasteiger charge is 2.13. The first-order valence-corrected chi connectivity index (χ1v) is 8.10. The molecule has 2 amide bonds. The fourth-order valence-corrected chi connectivity index (χ4v) is 3.14. The van der Waals surface area contributed by atoms with Crippen molar-refractivity contribution in [2.24, 2.45) is 0 Å². The molecule has 0 aromatic carbocycles. The lowest BCUT2D eigenvalue weighted by atomic mass is 10.3. The summed E-state index contributed by atoms with van der Waals surface area (Å²) in [4.78, 5) is 11.8. The van der Waals surface area contributed by atoms with Crippen LogP contribution in [0.2, 0.25) is 0 Å². The molecular weight excluding hydrogens is 324 g/mol. The van der Waals surface area contributed by atoms with Gasteiger partial charge in [0.2, 0.25) is 5.13 Å². The number of nitrogens with zero attached hydrogens (tertiary/aromatic N) is 2. The van der Waals surface area contributed by atoms with Crippen molar-refractivity contribution < 1.29 is 14.3 Å². The lowest BCUT2D eigenvalue weighted by Crippen LogP contribution is -2.32. The summed E-state index contributed by atoms with van der Waals surface area (Å²) in [6, 6.07) is 4.79. The maximum atomic E-state index is 11.8. The largest absolute Gasteiger partial charge is 0.467 e. The number of hydrogen-bond acceptors (Lipinski definition) is 7. The van der Waals surface area contributed by atoms with Gasteiger partial charge in [0.1, 0.15) is 16.9 Å². The third-order valence-electron chi connectivity index (χ3n) is 2.74. The third kappa shape index (κ3) is 3.50. The Hall–Kier alpha value is -2.23. The molecule has 3 heterocycles. The molecule has 0 aliphatic rings. The lowest BCUT2D eigenvalue weighted by molar-refractivity contribution is 0.149. The molecule has 3 rings (SSSR count). The second-order valence-corrected chi connectivity index (χ2v) is 6.05. The topological polar surface area (TPSA) is 100 Å². The van der Waals surface area contributed by atoms with Crippen molar-refractivity contribution in [1.82, 2.24) is 15.5 Å². The van der Waals surface area contributed by atoms with Crippen molar-refractivity contribution in [3.05, 3.63) is 41.0 Å². The standard InChI is InChI=1S/C13H12N4O3S2/c18-9(10-2-1-4-20-10)6-14-12(19)15-13-17-16-11(22-13)8-3-5-21-7-8/h1-5,7,9,18H,6H2,(H2,14,15,17,19). The Bertz CT molecular complexity index is 724. The van der Waals surface area contributed by atoms with Gasteiger partial charge in [-0.05, 0) is 23.6 Å². The molecule has 114 valence electrons. The molecular formula is C13H12N4O3S2. The quantitative estimate of drug-likeness (QED) is 0.665. The molecule has 1 atom stereocenters. The molecule has 3 aromatic heterocycles. The predicted octanol–water partition coefficient (Wildman–Crippen LogP) is 2.71. The maximum Gasteiger partial charge on any atom is 0.321 e. The van der Waals surface area contributed by atoms with Crippen LogP contribution in [0.5, 0.6) is 0 Å². The molecule has 3 aromatic rings. The van der Waals surface area contributed by atoms with Gasteiger partial charge in [-0.3, -0.25) is 5.32 Å². The summed E-state index contributed by atoms with van der Waals surface area (Å²) in [6.07, 6.45) is 0.572. The van der Waals surface area contributed by atoms with Crippen molar-refractivity contribution in [3.63, 3.8) is 0 Å². The van der Waals surface area contributed by atoms with E-state index < -0.39 is 12.1 Å². The Kier molecular flexibility index (Phi) is 4.47. The van der Waals surface area contributed by atoms with Crippen LogP contribution >= 0.6 is 22.7 Å². The number of nitrogens with one attached hydrogen (secondary N) is 2. The van der Waals surface area contributed by atoms with E-state index in [0.29, 0.717) is 10.9 Å². The molecule has 0 radical (unpaired) electrons. The van der Waals surface area contributed by atoms with Crippen LogP contribution in [0.15, 0.2) is 39.6 Å². The number of thiophene rings is 1. The number of aromatic nitrogens is 2. The summed E-state index contributed by atoms with van der Waals surface area (Å²) < 4.78 is 5.05. The molecule has 3 N–H and O–H groups in total. The van der Waals surface area contributed by atoms with E-state index in [-0.39, 0.29) is 6.54 Å². The zero-order valence-corrected chi connectivity index (χ0v) is 12.9. The number of urea groups is 1. The van der Waals surface area contributed by atoms with Crippen molar-refractivity contribution in [3.8, 4) is 10.6 Å². The van der Waals surface area contributed by atoms with E-state index in [9.17, 15) is 9.90 Å². The second kappa shape index (κ2) is 6.69. The minimum absolute atomic E-state index is 0.0372. The van der Waals surface area contributed by atoms with Crippen LogP contribution in [0.4, 0.5) is 9.93 Å². The van der Waals surface area contributed by atoms with Gasteiger partial charge in [-0.25, -0.2) is 4.79 Å². The molecule has 0 saturated heterocycles. The summed E-state index contributed by atoms with van der Waals surface area (Å²) in [6.45, 7) is 0.0372. The van der Waals surface area contributed by atoms with Crippen molar-refractivity contribution in [2.45, 2.75) is 6.10 Å². The van der Waals surface area contributed by atoms with Crippen molar-refractivity contribution in [1.29, 1.82) is 0 Å². The highest BCUT2D eigenvalue weighted by atomic mass is 32.1. The Labute approximate surface area is 133 Å². The van der Waals surface area contributed by atoms with Crippen LogP contribution in [0.25, 0.3) is 10.6 Å². The first kappa shape index (κ1) is 14.7. The van der Waals surface area contributed by atoms with Crippen molar-refractivity contribution >= 4 is 33.8 Å². The Morgan fingerprint density at radius 3 is 3.05 bits per heavy atom. The highest BCUT2D eigenvalue weighted by Crippen LogP contribution is 2.27. The second-order valence-electron chi connectivity index (χ2n) is 4.29. The lowest BCUT2D eigenvalue weighted by Gasteiger charge is -2.09. The third-order valence-corrected chi connectivity index (χ3v) is 4.31. The minimum Gasteiger partial charge on any atom is -0.467 e. The fraction of sp³-hybridized carbons (Fsp3) is 0.154. The summed E-state index contributed by atoms with van der Waals surface area (Å²) in [5.74, 6) is 0.399. The van der Waals surface area contributed by atoms with Gasteiger partial charge in [0.25, 0.3) is 0 Å². The van der Waals surface area contributed by atoms with Gasteiger partial charge in [-0.2, -0.15) is 11.3 Å². The summed E-state index contributed by atoms with van der Waals surface area (Å²) in [5.41, 5.74) is 0.976. The number of carbonyl (C=O) groups is 1. The zero-order valence-electron chi connectivity index (χ0n) is 11.2. The first-order chi connectivity index (χ1) is 10.7. The average molecular weight is 336 g/mol. The van der Waals surface area contributed by atoms with E-state index in [1.165, 1.54) is 17.6 Å². The molecule has 0 aliphatic carbocycles. The van der Waals surface area contributed by atoms with Crippen molar-refractivity contribution in [2.75, 3.05) is 11.9 Å². The molecule has 0 aliphatic heterocycles. The Morgan fingerprint density at radius 1 is 1.41 bits per heavy atom. The molecule has 7 nitrogen and oxygen atoms in total. The zero-order chi connectivity index (χ0) is 15.4. The Morgan fingerprint density at radius 2 is 2.32 bits per heavy atom. The van der Waals surface area contributed by atoms with Gasteiger partial charge in [0.15, 0.2) is 0 Å². The summed E-state index contributed by atoms with van der Waals surface area (Å²) >= 11 is 2.85. The van der Waals surface area contributed by atoms with E-state index >= 15 is 0 Å². The van der Waals surface area contributed by atoms with Gasteiger partial charge >= 0.3 is 6.03 Å². The number of hydrogen-bond donors (Lipinski definition) is 3. The molecule has 0 saturated carbocycles. The number of carbonyl (C=O) groups excluding carboxylic acids is 1. The smallest absolute Gasteiger partial charge is 0.321 e. The highest BCUT2D eigenvalue weighted by molar-refractivity contribution is 7.19. The molecule has 1 unspecified atom stereocenters. The number of furan rings is 1. The van der Waals surface area contributed by atoms with Crippen LogP contribution < -0.4 is 10.6 Å². The van der Waals surface area contributed by atoms with Gasteiger partial charge < -0.3 is 14.8 Å². The Balaban J connectivity index is 1.52. The summed E-state index contributed by atoms with van der Waals surface area (Å²) in [7, 11) is 0. The number of amides is 2. The van der Waals surface area contributed by atoms with Gasteiger partial charge in [0, 0.05) is 10.9 Å². The van der Waals surface area contributed by atoms with Crippen LogP contribution in [-0.4, -0.2) is 27.9 Å². The molecule has 0 fully saturated rings. The van der Waals surface area contributed by atoms with Crippen LogP contribution in [-0.2, 0) is 0 Å². The molecule has 22 heavy (non-hydrogen) atoms. The van der Waals surface area contributed by atoms with Gasteiger partial charge in [-0.15, -0.1) is 10.2 Å². The molecule has 9 heteroatoms. The van der Waals surface area contributed by atoms with E-state index in [1.54, 1.807) is 23.5 Å². The molecule has 0 bridgehead atoms. The summed E-state index contributed by atoms with van der Waals surface area (Å²) in [5, 5.41) is 27.9. The SMILES string of the molecule is O=C(NCC(O)c1ccco1)Nc1nnc(-c2ccsc2)s1. The van der Waals surface area contributed by atoms with E-state index in [1.807, 2.05) is 16.8 Å². The van der Waals surface area contributed by atoms with Gasteiger partial charge in [-0.1, -0.05) is 11.3 Å². The van der Waals surface area contributed by atoms with Crippen LogP contribution in [0.3, 0.4) is 0 Å². The number of aliphatic hydroxyl groups excluding tert-OH is 1. The minimum atomic E-state index is -0.892. The van der Waals surface area contributed by atoms with E-state index in [0.717, 1.165) is 10.6 Å². The maximum absolute atomic E-state index is 11.8. The normalized spacial score (nSPS) is 12.0. The predicted molar refractivity (Wildman–Crippen MR) is 83.9 cm³/mol. The number of anilines is 1. The van der Waals surface area contributed by atoms with Crippen LogP contribution in [0, 0.1) is 0 Å². The van der Waals surface area contributed by atoms with E-state index in [4.69, 9.17) is 4.42 Å². The fourth-order valence-electron chi connectivity index (χ4n) is 1.69. The number of aliphatic hydroxyl groups is 1. The average Bonchev–Trinajstić information content (AvgIpc) is 3.23. The van der Waals surface area contributed by atoms with Crippen LogP contribution in [0.1, 0.15) is 11.9 Å².